The van der Waals surface area contributed by atoms with Gasteiger partial charge < -0.3 is 14.4 Å². The topological polar surface area (TPSA) is 34.4 Å². The number of hydrogen-bond donors (Lipinski definition) is 1. The third-order valence-electron chi connectivity index (χ3n) is 3.93. The number of para-hydroxylation sites is 1. The third kappa shape index (κ3) is 2.67. The first kappa shape index (κ1) is 14.5. The van der Waals surface area contributed by atoms with Crippen molar-refractivity contribution >= 4 is 10.9 Å². The number of phenolic OH excluding ortho intramolecular Hbond substituents is 1. The van der Waals surface area contributed by atoms with Gasteiger partial charge in [0.1, 0.15) is 18.1 Å². The monoisotopic (exact) mass is 295 g/mol. The van der Waals surface area contributed by atoms with Crippen molar-refractivity contribution in [3.8, 4) is 11.5 Å². The zero-order valence-electron chi connectivity index (χ0n) is 13.2. The largest absolute Gasteiger partial charge is 0.508 e. The quantitative estimate of drug-likeness (QED) is 0.749. The van der Waals surface area contributed by atoms with Crippen LogP contribution in [0.4, 0.5) is 0 Å². The van der Waals surface area contributed by atoms with Crippen LogP contribution in [0.1, 0.15) is 31.0 Å². The number of aryl methyl sites for hydroxylation is 1. The highest BCUT2D eigenvalue weighted by molar-refractivity contribution is 5.85. The van der Waals surface area contributed by atoms with Crippen LogP contribution in [0.5, 0.6) is 11.5 Å². The van der Waals surface area contributed by atoms with E-state index in [0.29, 0.717) is 18.4 Å². The molecule has 114 valence electrons. The lowest BCUT2D eigenvalue weighted by Crippen LogP contribution is -1.99. The molecular formula is C19H21NO2. The highest BCUT2D eigenvalue weighted by Gasteiger charge is 2.12. The molecule has 1 aromatic heterocycles. The summed E-state index contributed by atoms with van der Waals surface area (Å²) in [6.07, 6.45) is 2.12. The minimum atomic E-state index is 0.291. The van der Waals surface area contributed by atoms with Crippen LogP contribution in [-0.2, 0) is 6.61 Å². The van der Waals surface area contributed by atoms with Crippen molar-refractivity contribution in [2.75, 3.05) is 0 Å². The van der Waals surface area contributed by atoms with Crippen molar-refractivity contribution < 1.29 is 9.84 Å². The number of benzene rings is 2. The first-order chi connectivity index (χ1) is 10.6. The van der Waals surface area contributed by atoms with Gasteiger partial charge in [-0.2, -0.15) is 0 Å². The molecule has 22 heavy (non-hydrogen) atoms. The zero-order chi connectivity index (χ0) is 15.7. The van der Waals surface area contributed by atoms with Crippen LogP contribution in [0.3, 0.4) is 0 Å². The molecule has 0 fully saturated rings. The molecule has 0 saturated heterocycles. The molecule has 0 amide bonds. The summed E-state index contributed by atoms with van der Waals surface area (Å²) in [5.41, 5.74) is 3.30. The van der Waals surface area contributed by atoms with Gasteiger partial charge in [-0.05, 0) is 44.5 Å². The van der Waals surface area contributed by atoms with E-state index in [0.717, 1.165) is 27.8 Å². The van der Waals surface area contributed by atoms with E-state index < -0.39 is 0 Å². The minimum Gasteiger partial charge on any atom is -0.508 e. The van der Waals surface area contributed by atoms with E-state index >= 15 is 0 Å². The molecule has 0 radical (unpaired) electrons. The van der Waals surface area contributed by atoms with E-state index in [2.05, 4.69) is 24.6 Å². The molecule has 0 atom stereocenters. The minimum absolute atomic E-state index is 0.291. The molecule has 0 aliphatic carbocycles. The number of nitrogens with zero attached hydrogens (tertiary/aromatic N) is 1. The van der Waals surface area contributed by atoms with Crippen molar-refractivity contribution in [2.45, 2.75) is 33.4 Å². The molecule has 0 bridgehead atoms. The van der Waals surface area contributed by atoms with E-state index in [-0.39, 0.29) is 0 Å². The van der Waals surface area contributed by atoms with Crippen molar-refractivity contribution in [3.63, 3.8) is 0 Å². The summed E-state index contributed by atoms with van der Waals surface area (Å²) in [4.78, 5) is 0. The number of phenols is 1. The lowest BCUT2D eigenvalue weighted by atomic mass is 10.2. The Bertz CT molecular complexity index is 802. The van der Waals surface area contributed by atoms with Gasteiger partial charge in [0.15, 0.2) is 0 Å². The number of aromatic hydroxyl groups is 1. The van der Waals surface area contributed by atoms with Gasteiger partial charge in [-0.1, -0.05) is 18.2 Å². The summed E-state index contributed by atoms with van der Waals surface area (Å²) in [6, 6.07) is 13.9. The third-order valence-corrected chi connectivity index (χ3v) is 3.93. The summed E-state index contributed by atoms with van der Waals surface area (Å²) in [5, 5.41) is 10.9. The smallest absolute Gasteiger partial charge is 0.122 e. The molecular weight excluding hydrogens is 274 g/mol. The van der Waals surface area contributed by atoms with Crippen LogP contribution in [0.15, 0.2) is 48.7 Å². The van der Waals surface area contributed by atoms with Crippen molar-refractivity contribution in [2.24, 2.45) is 0 Å². The molecule has 3 rings (SSSR count). The molecule has 0 saturated carbocycles. The van der Waals surface area contributed by atoms with Crippen molar-refractivity contribution in [1.82, 2.24) is 4.57 Å². The summed E-state index contributed by atoms with van der Waals surface area (Å²) in [7, 11) is 0. The number of fused-ring (bicyclic) bond motifs is 1. The Balaban J connectivity index is 1.96. The average molecular weight is 295 g/mol. The van der Waals surface area contributed by atoms with E-state index in [1.54, 1.807) is 6.07 Å². The molecule has 0 aliphatic heterocycles. The van der Waals surface area contributed by atoms with Crippen LogP contribution < -0.4 is 4.74 Å². The molecule has 0 aliphatic rings. The standard InChI is InChI=1S/C19H21NO2/c1-13(2)20-11-15(17-9-8-16(21)10-18(17)20)12-22-19-7-5-4-6-14(19)3/h4-11,13,21H,12H2,1-3H3. The Kier molecular flexibility index (Phi) is 3.80. The van der Waals surface area contributed by atoms with E-state index in [4.69, 9.17) is 4.74 Å². The van der Waals surface area contributed by atoms with Gasteiger partial charge in [0.2, 0.25) is 0 Å². The number of ether oxygens (including phenoxy) is 1. The zero-order valence-corrected chi connectivity index (χ0v) is 13.2. The predicted molar refractivity (Wildman–Crippen MR) is 89.5 cm³/mol. The van der Waals surface area contributed by atoms with Crippen molar-refractivity contribution in [1.29, 1.82) is 0 Å². The first-order valence-electron chi connectivity index (χ1n) is 7.57. The van der Waals surface area contributed by atoms with Gasteiger partial charge in [0.05, 0.1) is 5.52 Å². The Morgan fingerprint density at radius 2 is 1.91 bits per heavy atom. The van der Waals surface area contributed by atoms with Crippen LogP contribution in [-0.4, -0.2) is 9.67 Å². The van der Waals surface area contributed by atoms with Crippen LogP contribution in [0, 0.1) is 6.92 Å². The molecule has 2 aromatic carbocycles. The summed E-state index contributed by atoms with van der Waals surface area (Å²) >= 11 is 0. The second kappa shape index (κ2) is 5.76. The van der Waals surface area contributed by atoms with Gasteiger partial charge in [0.25, 0.3) is 0 Å². The normalized spacial score (nSPS) is 11.3. The van der Waals surface area contributed by atoms with E-state index in [1.165, 1.54) is 0 Å². The SMILES string of the molecule is Cc1ccccc1OCc1cn(C(C)C)c2cc(O)ccc12. The molecule has 3 heteroatoms. The summed E-state index contributed by atoms with van der Waals surface area (Å²) in [5.74, 6) is 1.20. The molecule has 3 nitrogen and oxygen atoms in total. The predicted octanol–water partition coefficient (Wildman–Crippen LogP) is 4.82. The average Bonchev–Trinajstić information content (AvgIpc) is 2.84. The molecule has 0 spiro atoms. The summed E-state index contributed by atoms with van der Waals surface area (Å²) < 4.78 is 8.15. The fourth-order valence-electron chi connectivity index (χ4n) is 2.73. The van der Waals surface area contributed by atoms with Crippen LogP contribution in [0.25, 0.3) is 10.9 Å². The second-order valence-electron chi connectivity index (χ2n) is 5.91. The van der Waals surface area contributed by atoms with E-state index in [1.807, 2.05) is 43.3 Å². The number of rotatable bonds is 4. The Labute approximate surface area is 130 Å². The van der Waals surface area contributed by atoms with Gasteiger partial charge in [-0.15, -0.1) is 0 Å². The maximum Gasteiger partial charge on any atom is 0.122 e. The maximum absolute atomic E-state index is 9.75. The van der Waals surface area contributed by atoms with Gasteiger partial charge >= 0.3 is 0 Å². The van der Waals surface area contributed by atoms with Gasteiger partial charge in [-0.25, -0.2) is 0 Å². The Hall–Kier alpha value is -2.42. The van der Waals surface area contributed by atoms with Crippen LogP contribution >= 0.6 is 0 Å². The highest BCUT2D eigenvalue weighted by atomic mass is 16.5. The second-order valence-corrected chi connectivity index (χ2v) is 5.91. The first-order valence-corrected chi connectivity index (χ1v) is 7.57. The Morgan fingerprint density at radius 3 is 2.64 bits per heavy atom. The fraction of sp³-hybridized carbons (Fsp3) is 0.263. The molecule has 1 N–H and O–H groups in total. The molecule has 0 unspecified atom stereocenters. The highest BCUT2D eigenvalue weighted by Crippen LogP contribution is 2.29. The summed E-state index contributed by atoms with van der Waals surface area (Å²) in [6.45, 7) is 6.83. The fourth-order valence-corrected chi connectivity index (χ4v) is 2.73. The number of hydrogen-bond acceptors (Lipinski definition) is 2. The lowest BCUT2D eigenvalue weighted by Gasteiger charge is -2.09. The Morgan fingerprint density at radius 1 is 1.14 bits per heavy atom. The maximum atomic E-state index is 9.75. The van der Waals surface area contributed by atoms with E-state index in [9.17, 15) is 5.11 Å². The van der Waals surface area contributed by atoms with Crippen molar-refractivity contribution in [3.05, 3.63) is 59.8 Å². The van der Waals surface area contributed by atoms with Crippen LogP contribution in [0.2, 0.25) is 0 Å². The number of aromatic nitrogens is 1. The van der Waals surface area contributed by atoms with Gasteiger partial charge in [0, 0.05) is 29.3 Å². The lowest BCUT2D eigenvalue weighted by molar-refractivity contribution is 0.305. The van der Waals surface area contributed by atoms with Gasteiger partial charge in [-0.3, -0.25) is 0 Å². The molecule has 1 heterocycles. The molecule has 3 aromatic rings.